The van der Waals surface area contributed by atoms with Crippen LogP contribution in [0.4, 0.5) is 0 Å². The van der Waals surface area contributed by atoms with Crippen molar-refractivity contribution in [2.24, 2.45) is 0 Å². The molecule has 0 radical (unpaired) electrons. The molecule has 136 valence electrons. The highest BCUT2D eigenvalue weighted by Gasteiger charge is 2.24. The third kappa shape index (κ3) is 3.96. The summed E-state index contributed by atoms with van der Waals surface area (Å²) in [6.07, 6.45) is 2.28. The lowest BCUT2D eigenvalue weighted by molar-refractivity contribution is -0.128. The molecular weight excluding hydrogens is 330 g/mol. The molecule has 0 aliphatic carbocycles. The van der Waals surface area contributed by atoms with Crippen molar-refractivity contribution < 1.29 is 14.0 Å². The number of aromatic nitrogens is 1. The lowest BCUT2D eigenvalue weighted by Crippen LogP contribution is -2.47. The zero-order valence-corrected chi connectivity index (χ0v) is 15.1. The maximum absolute atomic E-state index is 12.8. The van der Waals surface area contributed by atoms with E-state index in [-0.39, 0.29) is 17.9 Å². The Morgan fingerprint density at radius 1 is 1.15 bits per heavy atom. The number of furan rings is 1. The van der Waals surface area contributed by atoms with Crippen LogP contribution in [0.1, 0.15) is 37.0 Å². The molecule has 2 amide bonds. The van der Waals surface area contributed by atoms with Crippen LogP contribution in [0, 0.1) is 6.92 Å². The van der Waals surface area contributed by atoms with Crippen LogP contribution in [0.5, 0.6) is 0 Å². The molecule has 3 N–H and O–H groups in total. The standard InChI is InChI=1S/C20H23N3O3/c1-12-8-9-19(26-12)13(2)22-20(25)18(23-14(3)24)10-15-11-21-17-7-5-4-6-16(15)17/h4-9,11,13,18,21H,10H2,1-3H3,(H,22,25)(H,23,24). The maximum atomic E-state index is 12.8. The van der Waals surface area contributed by atoms with E-state index in [1.165, 1.54) is 6.92 Å². The first kappa shape index (κ1) is 17.8. The molecule has 6 heteroatoms. The second-order valence-corrected chi connectivity index (χ2v) is 6.50. The van der Waals surface area contributed by atoms with E-state index in [4.69, 9.17) is 4.42 Å². The van der Waals surface area contributed by atoms with Crippen molar-refractivity contribution in [1.29, 1.82) is 0 Å². The first-order chi connectivity index (χ1) is 12.4. The molecule has 0 aliphatic heterocycles. The number of benzene rings is 1. The lowest BCUT2D eigenvalue weighted by atomic mass is 10.0. The van der Waals surface area contributed by atoms with Crippen LogP contribution in [0.2, 0.25) is 0 Å². The average molecular weight is 353 g/mol. The van der Waals surface area contributed by atoms with Crippen LogP contribution in [-0.2, 0) is 16.0 Å². The SMILES string of the molecule is CC(=O)NC(Cc1c[nH]c2ccccc12)C(=O)NC(C)c1ccc(C)o1. The van der Waals surface area contributed by atoms with Gasteiger partial charge >= 0.3 is 0 Å². The third-order valence-electron chi connectivity index (χ3n) is 4.34. The lowest BCUT2D eigenvalue weighted by Gasteiger charge is -2.20. The zero-order chi connectivity index (χ0) is 18.7. The van der Waals surface area contributed by atoms with E-state index in [0.29, 0.717) is 12.2 Å². The molecule has 2 aromatic heterocycles. The molecule has 26 heavy (non-hydrogen) atoms. The highest BCUT2D eigenvalue weighted by atomic mass is 16.3. The predicted octanol–water partition coefficient (Wildman–Crippen LogP) is 2.99. The fourth-order valence-electron chi connectivity index (χ4n) is 3.05. The number of aromatic amines is 1. The minimum absolute atomic E-state index is 0.243. The van der Waals surface area contributed by atoms with Gasteiger partial charge < -0.3 is 20.0 Å². The second-order valence-electron chi connectivity index (χ2n) is 6.50. The molecule has 2 unspecified atom stereocenters. The summed E-state index contributed by atoms with van der Waals surface area (Å²) in [7, 11) is 0. The fourth-order valence-corrected chi connectivity index (χ4v) is 3.05. The first-order valence-electron chi connectivity index (χ1n) is 8.63. The van der Waals surface area contributed by atoms with Crippen molar-refractivity contribution in [1.82, 2.24) is 15.6 Å². The number of carbonyl (C=O) groups excluding carboxylic acids is 2. The summed E-state index contributed by atoms with van der Waals surface area (Å²) in [5, 5.41) is 6.71. The van der Waals surface area contributed by atoms with Gasteiger partial charge in [0, 0.05) is 30.4 Å². The Kier molecular flexibility index (Phi) is 5.11. The molecule has 6 nitrogen and oxygen atoms in total. The van der Waals surface area contributed by atoms with E-state index in [1.807, 2.05) is 56.4 Å². The van der Waals surface area contributed by atoms with Crippen LogP contribution in [-0.4, -0.2) is 22.8 Å². The van der Waals surface area contributed by atoms with E-state index in [0.717, 1.165) is 22.2 Å². The number of carbonyl (C=O) groups is 2. The Morgan fingerprint density at radius 3 is 2.62 bits per heavy atom. The fraction of sp³-hybridized carbons (Fsp3) is 0.300. The van der Waals surface area contributed by atoms with E-state index < -0.39 is 6.04 Å². The summed E-state index contributed by atoms with van der Waals surface area (Å²) in [5.74, 6) is 0.987. The number of hydrogen-bond acceptors (Lipinski definition) is 3. The minimum atomic E-state index is -0.662. The summed E-state index contributed by atoms with van der Waals surface area (Å²) >= 11 is 0. The van der Waals surface area contributed by atoms with Crippen LogP contribution in [0.3, 0.4) is 0 Å². The number of para-hydroxylation sites is 1. The largest absolute Gasteiger partial charge is 0.464 e. The van der Waals surface area contributed by atoms with Gasteiger partial charge in [0.15, 0.2) is 0 Å². The van der Waals surface area contributed by atoms with Gasteiger partial charge in [0.2, 0.25) is 11.8 Å². The van der Waals surface area contributed by atoms with Gasteiger partial charge in [-0.05, 0) is 37.6 Å². The van der Waals surface area contributed by atoms with E-state index in [1.54, 1.807) is 0 Å². The van der Waals surface area contributed by atoms with Gasteiger partial charge in [0.25, 0.3) is 0 Å². The van der Waals surface area contributed by atoms with Crippen molar-refractivity contribution in [2.75, 3.05) is 0 Å². The topological polar surface area (TPSA) is 87.1 Å². The Labute approximate surface area is 152 Å². The Balaban J connectivity index is 1.76. The highest BCUT2D eigenvalue weighted by Crippen LogP contribution is 2.20. The monoisotopic (exact) mass is 353 g/mol. The van der Waals surface area contributed by atoms with Crippen molar-refractivity contribution >= 4 is 22.7 Å². The number of hydrogen-bond donors (Lipinski definition) is 3. The minimum Gasteiger partial charge on any atom is -0.464 e. The summed E-state index contributed by atoms with van der Waals surface area (Å²) in [4.78, 5) is 27.5. The summed E-state index contributed by atoms with van der Waals surface area (Å²) in [6.45, 7) is 5.12. The van der Waals surface area contributed by atoms with Gasteiger partial charge in [0.05, 0.1) is 6.04 Å². The smallest absolute Gasteiger partial charge is 0.243 e. The van der Waals surface area contributed by atoms with Crippen molar-refractivity contribution in [3.63, 3.8) is 0 Å². The number of aryl methyl sites for hydroxylation is 1. The van der Waals surface area contributed by atoms with Gasteiger partial charge in [-0.15, -0.1) is 0 Å². The molecule has 0 saturated heterocycles. The van der Waals surface area contributed by atoms with Crippen LogP contribution < -0.4 is 10.6 Å². The van der Waals surface area contributed by atoms with Gasteiger partial charge in [-0.25, -0.2) is 0 Å². The first-order valence-corrected chi connectivity index (χ1v) is 8.63. The zero-order valence-electron chi connectivity index (χ0n) is 15.1. The van der Waals surface area contributed by atoms with Gasteiger partial charge in [-0.2, -0.15) is 0 Å². The van der Waals surface area contributed by atoms with Crippen LogP contribution in [0.25, 0.3) is 10.9 Å². The molecule has 3 aromatic rings. The Bertz CT molecular complexity index is 925. The van der Waals surface area contributed by atoms with E-state index >= 15 is 0 Å². The molecule has 2 atom stereocenters. The van der Waals surface area contributed by atoms with Gasteiger partial charge in [-0.1, -0.05) is 18.2 Å². The summed E-state index contributed by atoms with van der Waals surface area (Å²) in [6, 6.07) is 10.6. The number of amides is 2. The molecule has 0 spiro atoms. The van der Waals surface area contributed by atoms with Gasteiger partial charge in [0.1, 0.15) is 17.6 Å². The maximum Gasteiger partial charge on any atom is 0.243 e. The molecule has 0 bridgehead atoms. The number of nitrogens with one attached hydrogen (secondary N) is 3. The van der Waals surface area contributed by atoms with Crippen LogP contribution in [0.15, 0.2) is 47.0 Å². The Hall–Kier alpha value is -3.02. The molecule has 1 aromatic carbocycles. The van der Waals surface area contributed by atoms with E-state index in [2.05, 4.69) is 15.6 Å². The third-order valence-corrected chi connectivity index (χ3v) is 4.34. The summed E-state index contributed by atoms with van der Waals surface area (Å²) < 4.78 is 5.56. The molecule has 0 saturated carbocycles. The average Bonchev–Trinajstić information content (AvgIpc) is 3.20. The molecular formula is C20H23N3O3. The highest BCUT2D eigenvalue weighted by molar-refractivity contribution is 5.89. The Morgan fingerprint density at radius 2 is 1.92 bits per heavy atom. The normalized spacial score (nSPS) is 13.3. The molecule has 0 fully saturated rings. The number of rotatable bonds is 6. The van der Waals surface area contributed by atoms with Crippen molar-refractivity contribution in [2.45, 2.75) is 39.3 Å². The predicted molar refractivity (Wildman–Crippen MR) is 99.6 cm³/mol. The summed E-state index contributed by atoms with van der Waals surface area (Å²) in [5.41, 5.74) is 1.99. The van der Waals surface area contributed by atoms with Crippen molar-refractivity contribution in [3.8, 4) is 0 Å². The number of H-pyrrole nitrogens is 1. The molecule has 3 rings (SSSR count). The van der Waals surface area contributed by atoms with E-state index in [9.17, 15) is 9.59 Å². The second kappa shape index (κ2) is 7.47. The van der Waals surface area contributed by atoms with Crippen molar-refractivity contribution in [3.05, 3.63) is 59.7 Å². The quantitative estimate of drug-likeness (QED) is 0.637. The molecule has 0 aliphatic rings. The number of fused-ring (bicyclic) bond motifs is 1. The van der Waals surface area contributed by atoms with Gasteiger partial charge in [-0.3, -0.25) is 9.59 Å². The molecule has 2 heterocycles. The van der Waals surface area contributed by atoms with Crippen LogP contribution >= 0.6 is 0 Å².